The van der Waals surface area contributed by atoms with Gasteiger partial charge in [-0.05, 0) is 42.6 Å². The van der Waals surface area contributed by atoms with Crippen molar-refractivity contribution < 1.29 is 22.7 Å². The van der Waals surface area contributed by atoms with E-state index in [0.29, 0.717) is 25.2 Å². The number of benzene rings is 1. The lowest BCUT2D eigenvalue weighted by Gasteiger charge is -2.22. The molecule has 1 aliphatic rings. The van der Waals surface area contributed by atoms with Gasteiger partial charge in [0.25, 0.3) is 5.91 Å². The number of likely N-dealkylation sites (tertiary alicyclic amines) is 1. The predicted molar refractivity (Wildman–Crippen MR) is 70.8 cm³/mol. The van der Waals surface area contributed by atoms with Gasteiger partial charge in [-0.25, -0.2) is 0 Å². The second-order valence-electron chi connectivity index (χ2n) is 5.56. The molecule has 0 radical (unpaired) electrons. The fourth-order valence-corrected chi connectivity index (χ4v) is 2.35. The molecule has 1 unspecified atom stereocenters. The van der Waals surface area contributed by atoms with Crippen molar-refractivity contribution in [3.8, 4) is 5.75 Å². The number of rotatable bonds is 3. The van der Waals surface area contributed by atoms with Gasteiger partial charge in [0.2, 0.25) is 0 Å². The van der Waals surface area contributed by atoms with Crippen molar-refractivity contribution in [2.75, 3.05) is 19.6 Å². The molecular formula is C14H17F3N2O2. The van der Waals surface area contributed by atoms with Crippen molar-refractivity contribution >= 4 is 5.91 Å². The van der Waals surface area contributed by atoms with Crippen LogP contribution in [0.5, 0.6) is 5.75 Å². The smallest absolute Gasteiger partial charge is 0.406 e. The number of hydrogen-bond donors (Lipinski definition) is 1. The summed E-state index contributed by atoms with van der Waals surface area (Å²) in [4.78, 5) is 13.9. The molecule has 1 heterocycles. The molecule has 1 fully saturated rings. The van der Waals surface area contributed by atoms with Crippen LogP contribution in [-0.2, 0) is 0 Å². The molecule has 0 saturated carbocycles. The Hall–Kier alpha value is -1.76. The summed E-state index contributed by atoms with van der Waals surface area (Å²) in [5.41, 5.74) is 5.94. The molecule has 1 saturated heterocycles. The Morgan fingerprint density at radius 1 is 1.38 bits per heavy atom. The van der Waals surface area contributed by atoms with Crippen LogP contribution in [0.15, 0.2) is 24.3 Å². The summed E-state index contributed by atoms with van der Waals surface area (Å²) >= 11 is 0. The number of nitrogens with two attached hydrogens (primary N) is 1. The number of carbonyl (C=O) groups is 1. The highest BCUT2D eigenvalue weighted by atomic mass is 19.4. The van der Waals surface area contributed by atoms with Gasteiger partial charge >= 0.3 is 6.36 Å². The lowest BCUT2D eigenvalue weighted by Crippen LogP contribution is -2.34. The van der Waals surface area contributed by atoms with Gasteiger partial charge < -0.3 is 15.4 Å². The van der Waals surface area contributed by atoms with Gasteiger partial charge in [0.05, 0.1) is 0 Å². The number of amides is 1. The summed E-state index contributed by atoms with van der Waals surface area (Å²) in [5.74, 6) is -0.544. The molecule has 1 amide bonds. The average molecular weight is 302 g/mol. The van der Waals surface area contributed by atoms with Crippen LogP contribution in [0.3, 0.4) is 0 Å². The van der Waals surface area contributed by atoms with Crippen LogP contribution in [0, 0.1) is 5.41 Å². The van der Waals surface area contributed by atoms with Crippen molar-refractivity contribution in [1.29, 1.82) is 0 Å². The fraction of sp³-hybridized carbons (Fsp3) is 0.500. The van der Waals surface area contributed by atoms with Gasteiger partial charge in [-0.15, -0.1) is 13.2 Å². The standard InChI is InChI=1S/C14H17F3N2O2/c1-13(8-18)6-7-19(9-13)12(20)10-2-4-11(5-3-10)21-14(15,16)17/h2-5H,6-9,18H2,1H3. The Bertz CT molecular complexity index is 516. The minimum absolute atomic E-state index is 0.0883. The Morgan fingerprint density at radius 2 is 2.00 bits per heavy atom. The van der Waals surface area contributed by atoms with Gasteiger partial charge in [-0.1, -0.05) is 6.92 Å². The van der Waals surface area contributed by atoms with Crippen LogP contribution >= 0.6 is 0 Å². The zero-order valence-corrected chi connectivity index (χ0v) is 11.6. The first-order valence-electron chi connectivity index (χ1n) is 6.58. The monoisotopic (exact) mass is 302 g/mol. The van der Waals surface area contributed by atoms with E-state index in [2.05, 4.69) is 4.74 Å². The van der Waals surface area contributed by atoms with Gasteiger partial charge in [-0.3, -0.25) is 4.79 Å². The van der Waals surface area contributed by atoms with E-state index < -0.39 is 6.36 Å². The zero-order chi connectivity index (χ0) is 15.7. The van der Waals surface area contributed by atoms with Gasteiger partial charge in [0.1, 0.15) is 5.75 Å². The van der Waals surface area contributed by atoms with Crippen LogP contribution in [0.4, 0.5) is 13.2 Å². The van der Waals surface area contributed by atoms with E-state index in [4.69, 9.17) is 5.73 Å². The van der Waals surface area contributed by atoms with Gasteiger partial charge in [-0.2, -0.15) is 0 Å². The maximum atomic E-state index is 12.3. The molecule has 1 aromatic carbocycles. The Morgan fingerprint density at radius 3 is 2.48 bits per heavy atom. The van der Waals surface area contributed by atoms with Crippen molar-refractivity contribution in [3.63, 3.8) is 0 Å². The predicted octanol–water partition coefficient (Wildman–Crippen LogP) is 2.40. The highest BCUT2D eigenvalue weighted by Gasteiger charge is 2.35. The lowest BCUT2D eigenvalue weighted by atomic mass is 9.90. The SMILES string of the molecule is CC1(CN)CCN(C(=O)c2ccc(OC(F)(F)F)cc2)C1. The molecule has 1 atom stereocenters. The maximum Gasteiger partial charge on any atom is 0.573 e. The summed E-state index contributed by atoms with van der Waals surface area (Å²) in [6.07, 6.45) is -3.91. The number of halogens is 3. The lowest BCUT2D eigenvalue weighted by molar-refractivity contribution is -0.274. The molecular weight excluding hydrogens is 285 g/mol. The summed E-state index contributed by atoms with van der Waals surface area (Å²) in [7, 11) is 0. The highest BCUT2D eigenvalue weighted by molar-refractivity contribution is 5.94. The van der Waals surface area contributed by atoms with E-state index in [1.807, 2.05) is 6.92 Å². The molecule has 2 N–H and O–H groups in total. The minimum Gasteiger partial charge on any atom is -0.406 e. The molecule has 7 heteroatoms. The topological polar surface area (TPSA) is 55.6 Å². The molecule has 1 aromatic rings. The zero-order valence-electron chi connectivity index (χ0n) is 11.6. The van der Waals surface area contributed by atoms with Crippen LogP contribution in [0.25, 0.3) is 0 Å². The molecule has 0 spiro atoms. The van der Waals surface area contributed by atoms with Gasteiger partial charge in [0.15, 0.2) is 0 Å². The van der Waals surface area contributed by atoms with Crippen molar-refractivity contribution in [2.45, 2.75) is 19.7 Å². The molecule has 0 bridgehead atoms. The van der Waals surface area contributed by atoms with Crippen LogP contribution < -0.4 is 10.5 Å². The third-order valence-corrected chi connectivity index (χ3v) is 3.67. The average Bonchev–Trinajstić information content (AvgIpc) is 2.80. The molecule has 4 nitrogen and oxygen atoms in total. The van der Waals surface area contributed by atoms with E-state index in [1.54, 1.807) is 4.90 Å². The molecule has 0 aromatic heterocycles. The first-order valence-corrected chi connectivity index (χ1v) is 6.58. The summed E-state index contributed by atoms with van der Waals surface area (Å²) in [6.45, 7) is 3.67. The third kappa shape index (κ3) is 3.87. The van der Waals surface area contributed by atoms with Crippen LogP contribution in [0.2, 0.25) is 0 Å². The summed E-state index contributed by atoms with van der Waals surface area (Å²) in [5, 5.41) is 0. The van der Waals surface area contributed by atoms with E-state index in [1.165, 1.54) is 12.1 Å². The van der Waals surface area contributed by atoms with Crippen molar-refractivity contribution in [3.05, 3.63) is 29.8 Å². The number of alkyl halides is 3. The van der Waals surface area contributed by atoms with Gasteiger partial charge in [0, 0.05) is 18.7 Å². The molecule has 2 rings (SSSR count). The van der Waals surface area contributed by atoms with Crippen molar-refractivity contribution in [1.82, 2.24) is 4.90 Å². The number of carbonyl (C=O) groups excluding carboxylic acids is 1. The van der Waals surface area contributed by atoms with Crippen molar-refractivity contribution in [2.24, 2.45) is 11.1 Å². The minimum atomic E-state index is -4.73. The van der Waals surface area contributed by atoms with E-state index >= 15 is 0 Å². The second kappa shape index (κ2) is 5.55. The summed E-state index contributed by atoms with van der Waals surface area (Å²) < 4.78 is 40.0. The Kier molecular flexibility index (Phi) is 4.13. The molecule has 21 heavy (non-hydrogen) atoms. The summed E-state index contributed by atoms with van der Waals surface area (Å²) in [6, 6.07) is 4.95. The maximum absolute atomic E-state index is 12.3. The fourth-order valence-electron chi connectivity index (χ4n) is 2.35. The van der Waals surface area contributed by atoms with E-state index in [-0.39, 0.29) is 17.1 Å². The number of nitrogens with zero attached hydrogens (tertiary/aromatic N) is 1. The largest absolute Gasteiger partial charge is 0.573 e. The first-order chi connectivity index (χ1) is 9.72. The number of hydrogen-bond acceptors (Lipinski definition) is 3. The molecule has 1 aliphatic heterocycles. The number of ether oxygens (including phenoxy) is 1. The second-order valence-corrected chi connectivity index (χ2v) is 5.56. The molecule has 0 aliphatic carbocycles. The normalized spacial score (nSPS) is 22.4. The first kappa shape index (κ1) is 15.6. The van der Waals surface area contributed by atoms with E-state index in [0.717, 1.165) is 18.6 Å². The van der Waals surface area contributed by atoms with Crippen LogP contribution in [0.1, 0.15) is 23.7 Å². The third-order valence-electron chi connectivity index (χ3n) is 3.67. The Balaban J connectivity index is 2.04. The highest BCUT2D eigenvalue weighted by Crippen LogP contribution is 2.30. The quantitative estimate of drug-likeness (QED) is 0.933. The van der Waals surface area contributed by atoms with Crippen LogP contribution in [-0.4, -0.2) is 36.8 Å². The molecule has 116 valence electrons. The Labute approximate surface area is 120 Å². The van der Waals surface area contributed by atoms with E-state index in [9.17, 15) is 18.0 Å².